The Balaban J connectivity index is 1.45. The number of ketones is 1. The van der Waals surface area contributed by atoms with E-state index in [4.69, 9.17) is 9.47 Å². The van der Waals surface area contributed by atoms with E-state index in [1.807, 2.05) is 18.2 Å². The van der Waals surface area contributed by atoms with Crippen molar-refractivity contribution in [2.75, 3.05) is 26.8 Å². The molecule has 0 saturated heterocycles. The van der Waals surface area contributed by atoms with Crippen molar-refractivity contribution < 1.29 is 22.7 Å². The molecule has 3 rings (SSSR count). The quantitative estimate of drug-likeness (QED) is 0.310. The van der Waals surface area contributed by atoms with Gasteiger partial charge in [-0.15, -0.1) is 0 Å². The van der Waals surface area contributed by atoms with Crippen LogP contribution in [0.1, 0.15) is 61.0 Å². The summed E-state index contributed by atoms with van der Waals surface area (Å²) in [4.78, 5) is 12.9. The van der Waals surface area contributed by atoms with E-state index >= 15 is 0 Å². The van der Waals surface area contributed by atoms with Gasteiger partial charge in [-0.2, -0.15) is 0 Å². The molecule has 0 aromatic heterocycles. The molecule has 0 saturated carbocycles. The Hall–Kier alpha value is -2.42. The number of para-hydroxylation sites is 1. The van der Waals surface area contributed by atoms with Gasteiger partial charge >= 0.3 is 0 Å². The number of carbonyl (C=O) groups excluding carboxylic acids is 1. The predicted molar refractivity (Wildman–Crippen MR) is 133 cm³/mol. The van der Waals surface area contributed by atoms with E-state index in [-0.39, 0.29) is 16.7 Å². The van der Waals surface area contributed by atoms with Crippen molar-refractivity contribution in [1.29, 1.82) is 0 Å². The Morgan fingerprint density at radius 1 is 1.12 bits per heavy atom. The van der Waals surface area contributed by atoms with Crippen molar-refractivity contribution >= 4 is 15.8 Å². The number of hydrogen-bond donors (Lipinski definition) is 2. The standard InChI is InChI=1S/C26H36N2O5S/c1-19(2)28-34(30,31)25-18-22(17-21-13-16-33-26(21)25)23(29)11-6-7-14-27-15-8-10-20-9-4-5-12-24(20)32-3/h4-5,9,12,17-19,27-28H,6-8,10-11,13-16H2,1-3H3. The van der Waals surface area contributed by atoms with Crippen LogP contribution in [0.25, 0.3) is 0 Å². The van der Waals surface area contributed by atoms with Gasteiger partial charge in [-0.25, -0.2) is 13.1 Å². The minimum Gasteiger partial charge on any atom is -0.496 e. The van der Waals surface area contributed by atoms with Gasteiger partial charge in [0.2, 0.25) is 10.0 Å². The molecular formula is C26H36N2O5S. The molecule has 1 aliphatic rings. The first-order chi connectivity index (χ1) is 16.3. The third-order valence-electron chi connectivity index (χ3n) is 5.75. The Morgan fingerprint density at radius 3 is 2.65 bits per heavy atom. The Labute approximate surface area is 203 Å². The van der Waals surface area contributed by atoms with Crippen LogP contribution in [0.3, 0.4) is 0 Å². The molecule has 0 unspecified atom stereocenters. The van der Waals surface area contributed by atoms with Crippen LogP contribution in [-0.4, -0.2) is 47.0 Å². The average Bonchev–Trinajstić information content (AvgIpc) is 3.28. The third kappa shape index (κ3) is 7.04. The van der Waals surface area contributed by atoms with E-state index in [2.05, 4.69) is 16.1 Å². The second kappa shape index (κ2) is 12.3. The van der Waals surface area contributed by atoms with Gasteiger partial charge in [0, 0.05) is 24.4 Å². The van der Waals surface area contributed by atoms with Crippen LogP contribution in [0.5, 0.6) is 11.5 Å². The molecule has 2 N–H and O–H groups in total. The summed E-state index contributed by atoms with van der Waals surface area (Å²) in [5, 5.41) is 3.43. The molecule has 34 heavy (non-hydrogen) atoms. The van der Waals surface area contributed by atoms with Crippen LogP contribution in [0.4, 0.5) is 0 Å². The summed E-state index contributed by atoms with van der Waals surface area (Å²) in [7, 11) is -2.06. The Kier molecular flexibility index (Phi) is 9.50. The topological polar surface area (TPSA) is 93.7 Å². The van der Waals surface area contributed by atoms with Crippen molar-refractivity contribution in [3.05, 3.63) is 53.1 Å². The number of nitrogens with one attached hydrogen (secondary N) is 2. The van der Waals surface area contributed by atoms with Gasteiger partial charge in [0.1, 0.15) is 16.4 Å². The third-order valence-corrected chi connectivity index (χ3v) is 7.42. The number of rotatable bonds is 14. The van der Waals surface area contributed by atoms with E-state index in [0.29, 0.717) is 30.8 Å². The van der Waals surface area contributed by atoms with E-state index < -0.39 is 10.0 Å². The van der Waals surface area contributed by atoms with Gasteiger partial charge in [0.25, 0.3) is 0 Å². The molecule has 186 valence electrons. The fraction of sp³-hybridized carbons (Fsp3) is 0.500. The molecule has 0 radical (unpaired) electrons. The largest absolute Gasteiger partial charge is 0.496 e. The molecule has 7 nitrogen and oxygen atoms in total. The summed E-state index contributed by atoms with van der Waals surface area (Å²) in [5.41, 5.74) is 2.44. The lowest BCUT2D eigenvalue weighted by Gasteiger charge is -2.14. The monoisotopic (exact) mass is 488 g/mol. The highest BCUT2D eigenvalue weighted by Crippen LogP contribution is 2.34. The van der Waals surface area contributed by atoms with Crippen LogP contribution in [0, 0.1) is 0 Å². The first-order valence-electron chi connectivity index (χ1n) is 12.0. The van der Waals surface area contributed by atoms with E-state index in [0.717, 1.165) is 50.1 Å². The van der Waals surface area contributed by atoms with Crippen molar-refractivity contribution in [2.24, 2.45) is 0 Å². The maximum Gasteiger partial charge on any atom is 0.244 e. The number of sulfonamides is 1. The highest BCUT2D eigenvalue weighted by Gasteiger charge is 2.28. The highest BCUT2D eigenvalue weighted by atomic mass is 32.2. The fourth-order valence-corrected chi connectivity index (χ4v) is 5.59. The van der Waals surface area contributed by atoms with Crippen LogP contribution in [0.2, 0.25) is 0 Å². The zero-order chi connectivity index (χ0) is 24.6. The highest BCUT2D eigenvalue weighted by molar-refractivity contribution is 7.89. The van der Waals surface area contributed by atoms with E-state index in [9.17, 15) is 13.2 Å². The lowest BCUT2D eigenvalue weighted by atomic mass is 10.0. The number of fused-ring (bicyclic) bond motifs is 1. The average molecular weight is 489 g/mol. The van der Waals surface area contributed by atoms with E-state index in [1.54, 1.807) is 27.0 Å². The van der Waals surface area contributed by atoms with Crippen molar-refractivity contribution in [2.45, 2.75) is 63.3 Å². The number of benzene rings is 2. The molecule has 0 bridgehead atoms. The molecule has 0 amide bonds. The minimum absolute atomic E-state index is 0.0353. The number of methoxy groups -OCH3 is 1. The number of hydrogen-bond acceptors (Lipinski definition) is 6. The smallest absolute Gasteiger partial charge is 0.244 e. The van der Waals surface area contributed by atoms with Crippen molar-refractivity contribution in [1.82, 2.24) is 10.0 Å². The maximum atomic E-state index is 12.8. The van der Waals surface area contributed by atoms with Gasteiger partial charge < -0.3 is 14.8 Å². The first kappa shape index (κ1) is 26.2. The van der Waals surface area contributed by atoms with Gasteiger partial charge in [0.15, 0.2) is 5.78 Å². The van der Waals surface area contributed by atoms with Gasteiger partial charge in [-0.3, -0.25) is 4.79 Å². The molecule has 8 heteroatoms. The van der Waals surface area contributed by atoms with E-state index in [1.165, 1.54) is 11.6 Å². The number of aryl methyl sites for hydroxylation is 1. The summed E-state index contributed by atoms with van der Waals surface area (Å²) >= 11 is 0. The Bertz CT molecular complexity index is 1080. The lowest BCUT2D eigenvalue weighted by molar-refractivity contribution is 0.0979. The van der Waals surface area contributed by atoms with Gasteiger partial charge in [0.05, 0.1) is 13.7 Å². The van der Waals surface area contributed by atoms with Crippen LogP contribution < -0.4 is 19.5 Å². The number of unbranched alkanes of at least 4 members (excludes halogenated alkanes) is 1. The molecule has 1 aliphatic heterocycles. The number of carbonyl (C=O) groups is 1. The molecular weight excluding hydrogens is 452 g/mol. The normalized spacial score (nSPS) is 13.1. The molecule has 0 fully saturated rings. The lowest BCUT2D eigenvalue weighted by Crippen LogP contribution is -2.30. The maximum absolute atomic E-state index is 12.8. The molecule has 2 aromatic rings. The molecule has 2 aromatic carbocycles. The second-order valence-electron chi connectivity index (χ2n) is 8.88. The summed E-state index contributed by atoms with van der Waals surface area (Å²) < 4.78 is 39.1. The fourth-order valence-electron chi connectivity index (χ4n) is 4.13. The summed E-state index contributed by atoms with van der Waals surface area (Å²) in [6, 6.07) is 11.1. The summed E-state index contributed by atoms with van der Waals surface area (Å²) in [6.45, 7) is 5.70. The van der Waals surface area contributed by atoms with Crippen LogP contribution in [-0.2, 0) is 22.9 Å². The number of ether oxygens (including phenoxy) is 2. The SMILES string of the molecule is COc1ccccc1CCCNCCCCC(=O)c1cc2c(c(S(=O)(=O)NC(C)C)c1)OCC2. The summed E-state index contributed by atoms with van der Waals surface area (Å²) in [6.07, 6.45) is 4.60. The zero-order valence-corrected chi connectivity index (χ0v) is 21.2. The summed E-state index contributed by atoms with van der Waals surface area (Å²) in [5.74, 6) is 1.27. The Morgan fingerprint density at radius 2 is 1.88 bits per heavy atom. The molecule has 0 atom stereocenters. The van der Waals surface area contributed by atoms with Crippen molar-refractivity contribution in [3.63, 3.8) is 0 Å². The number of Topliss-reactive ketones (excluding diaryl/α,β-unsaturated/α-hetero) is 1. The van der Waals surface area contributed by atoms with Crippen molar-refractivity contribution in [3.8, 4) is 11.5 Å². The zero-order valence-electron chi connectivity index (χ0n) is 20.4. The molecule has 1 heterocycles. The predicted octanol–water partition coefficient (Wildman–Crippen LogP) is 3.89. The molecule has 0 spiro atoms. The van der Waals surface area contributed by atoms with Gasteiger partial charge in [-0.05, 0) is 81.9 Å². The minimum atomic E-state index is -3.75. The second-order valence-corrected chi connectivity index (χ2v) is 10.6. The van der Waals surface area contributed by atoms with Gasteiger partial charge in [-0.1, -0.05) is 18.2 Å². The first-order valence-corrected chi connectivity index (χ1v) is 13.5. The molecule has 0 aliphatic carbocycles. The van der Waals surface area contributed by atoms with Crippen LogP contribution >= 0.6 is 0 Å². The van der Waals surface area contributed by atoms with Crippen LogP contribution in [0.15, 0.2) is 41.3 Å².